The zero-order valence-electron chi connectivity index (χ0n) is 15.0. The number of halogens is 2. The Hall–Kier alpha value is -2.67. The normalized spacial score (nSPS) is 20.3. The smallest absolute Gasteiger partial charge is 0.341 e. The molecule has 3 rings (SSSR count). The Balaban J connectivity index is 2.17. The van der Waals surface area contributed by atoms with Crippen molar-refractivity contribution in [3.63, 3.8) is 0 Å². The lowest BCUT2D eigenvalue weighted by atomic mass is 9.98. The van der Waals surface area contributed by atoms with Gasteiger partial charge in [0.25, 0.3) is 0 Å². The maximum atomic E-state index is 13.0. The summed E-state index contributed by atoms with van der Waals surface area (Å²) in [5, 5.41) is 8.97. The number of guanidine groups is 1. The Morgan fingerprint density at radius 2 is 2.04 bits per heavy atom. The maximum Gasteiger partial charge on any atom is 0.341 e. The van der Waals surface area contributed by atoms with Gasteiger partial charge in [-0.3, -0.25) is 0 Å². The molecule has 0 spiro atoms. The van der Waals surface area contributed by atoms with Gasteiger partial charge < -0.3 is 14.5 Å². The van der Waals surface area contributed by atoms with E-state index in [-0.39, 0.29) is 0 Å². The lowest BCUT2D eigenvalue weighted by Crippen LogP contribution is -2.36. The summed E-state index contributed by atoms with van der Waals surface area (Å²) >= 11 is 0. The van der Waals surface area contributed by atoms with Crippen LogP contribution in [-0.2, 0) is 9.84 Å². The van der Waals surface area contributed by atoms with Gasteiger partial charge in [0, 0.05) is 25.7 Å². The Labute approximate surface area is 156 Å². The van der Waals surface area contributed by atoms with E-state index in [1.54, 1.807) is 29.1 Å². The summed E-state index contributed by atoms with van der Waals surface area (Å²) in [5.41, 5.74) is 0.201. The van der Waals surface area contributed by atoms with Crippen LogP contribution in [0.3, 0.4) is 0 Å². The molecule has 1 saturated heterocycles. The van der Waals surface area contributed by atoms with E-state index < -0.39 is 26.1 Å². The number of hydrogen-bond acceptors (Lipinski definition) is 5. The highest BCUT2D eigenvalue weighted by Crippen LogP contribution is 2.40. The van der Waals surface area contributed by atoms with Gasteiger partial charge in [-0.25, -0.2) is 8.42 Å². The molecule has 0 N–H and O–H groups in total. The number of alkyl halides is 2. The molecule has 1 fully saturated rings. The number of nitriles is 1. The summed E-state index contributed by atoms with van der Waals surface area (Å²) in [4.78, 5) is 6.89. The second-order valence-corrected chi connectivity index (χ2v) is 8.70. The Morgan fingerprint density at radius 3 is 2.67 bits per heavy atom. The third kappa shape index (κ3) is 3.35. The minimum atomic E-state index is -4.75. The molecule has 0 amide bonds. The molecule has 2 heterocycles. The van der Waals surface area contributed by atoms with Crippen molar-refractivity contribution >= 4 is 21.5 Å². The number of fused-ring (bicyclic) bond motifs is 1. The van der Waals surface area contributed by atoms with E-state index in [2.05, 4.69) is 4.99 Å². The first kappa shape index (κ1) is 19.1. The molecule has 0 aromatic heterocycles. The van der Waals surface area contributed by atoms with Gasteiger partial charge in [-0.1, -0.05) is 0 Å². The Morgan fingerprint density at radius 1 is 1.33 bits per heavy atom. The number of likely N-dealkylation sites (N-methyl/N-ethyl adjacent to an activating group) is 1. The van der Waals surface area contributed by atoms with E-state index in [0.29, 0.717) is 36.1 Å². The minimum Gasteiger partial charge on any atom is -0.483 e. The quantitative estimate of drug-likeness (QED) is 0.729. The van der Waals surface area contributed by atoms with Crippen molar-refractivity contribution in [1.29, 1.82) is 5.26 Å². The molecule has 0 bridgehead atoms. The standard InChI is InChI=1S/C17H18F2N4O3S/c1-17(2)9-13(23-7-6-22(3)16(23)21-10-20)12-8-11(4-5-14(12)26-17)27(24,25)15(18)19/h4-5,8-9,15H,6-7H2,1-3H3. The molecular formula is C17H18F2N4O3S. The van der Waals surface area contributed by atoms with Crippen molar-refractivity contribution in [2.75, 3.05) is 20.1 Å². The molecule has 144 valence electrons. The number of ether oxygens (including phenoxy) is 1. The second kappa shape index (κ2) is 6.49. The van der Waals surface area contributed by atoms with Crippen molar-refractivity contribution < 1.29 is 21.9 Å². The van der Waals surface area contributed by atoms with Gasteiger partial charge in [0.1, 0.15) is 11.4 Å². The lowest BCUT2D eigenvalue weighted by Gasteiger charge is -2.34. The molecule has 0 radical (unpaired) electrons. The van der Waals surface area contributed by atoms with Crippen LogP contribution < -0.4 is 4.74 Å². The van der Waals surface area contributed by atoms with E-state index in [0.717, 1.165) is 6.07 Å². The highest BCUT2D eigenvalue weighted by atomic mass is 32.2. The summed E-state index contributed by atoms with van der Waals surface area (Å²) in [6.45, 7) is 4.75. The second-order valence-electron chi connectivity index (χ2n) is 6.78. The molecule has 27 heavy (non-hydrogen) atoms. The lowest BCUT2D eigenvalue weighted by molar-refractivity contribution is 0.156. The molecule has 1 aromatic carbocycles. The Bertz CT molecular complexity index is 980. The molecule has 0 aliphatic carbocycles. The summed E-state index contributed by atoms with van der Waals surface area (Å²) < 4.78 is 55.6. The summed E-state index contributed by atoms with van der Waals surface area (Å²) in [6, 6.07) is 3.67. The first-order chi connectivity index (χ1) is 12.6. The van der Waals surface area contributed by atoms with Crippen LogP contribution in [0.25, 0.3) is 5.70 Å². The largest absolute Gasteiger partial charge is 0.483 e. The van der Waals surface area contributed by atoms with Gasteiger partial charge in [-0.2, -0.15) is 14.0 Å². The average molecular weight is 396 g/mol. The predicted molar refractivity (Wildman–Crippen MR) is 94.7 cm³/mol. The van der Waals surface area contributed by atoms with Crippen LogP contribution in [-0.4, -0.2) is 55.7 Å². The van der Waals surface area contributed by atoms with Crippen LogP contribution >= 0.6 is 0 Å². The molecule has 7 nitrogen and oxygen atoms in total. The number of benzene rings is 1. The number of aliphatic imine (C=N–C) groups is 1. The zero-order valence-corrected chi connectivity index (χ0v) is 15.8. The first-order valence-electron chi connectivity index (χ1n) is 8.10. The molecular weight excluding hydrogens is 378 g/mol. The average Bonchev–Trinajstić information content (AvgIpc) is 2.94. The van der Waals surface area contributed by atoms with E-state index in [9.17, 15) is 17.2 Å². The van der Waals surface area contributed by atoms with Crippen molar-refractivity contribution in [3.8, 4) is 11.9 Å². The van der Waals surface area contributed by atoms with Crippen molar-refractivity contribution in [1.82, 2.24) is 9.80 Å². The predicted octanol–water partition coefficient (Wildman–Crippen LogP) is 2.28. The molecule has 10 heteroatoms. The number of nitrogens with zero attached hydrogens (tertiary/aromatic N) is 4. The fraction of sp³-hybridized carbons (Fsp3) is 0.412. The van der Waals surface area contributed by atoms with E-state index in [1.807, 2.05) is 13.8 Å². The molecule has 0 unspecified atom stereocenters. The summed E-state index contributed by atoms with van der Waals surface area (Å²) in [5.74, 6) is -2.75. The number of hydrogen-bond donors (Lipinski definition) is 0. The maximum absolute atomic E-state index is 13.0. The fourth-order valence-corrected chi connectivity index (χ4v) is 3.84. The van der Waals surface area contributed by atoms with Crippen molar-refractivity contribution in [3.05, 3.63) is 29.8 Å². The van der Waals surface area contributed by atoms with Gasteiger partial charge in [-0.05, 0) is 38.1 Å². The number of rotatable bonds is 3. The highest BCUT2D eigenvalue weighted by Gasteiger charge is 2.36. The van der Waals surface area contributed by atoms with Gasteiger partial charge >= 0.3 is 5.76 Å². The van der Waals surface area contributed by atoms with E-state index >= 15 is 0 Å². The Kier molecular flexibility index (Phi) is 4.59. The van der Waals surface area contributed by atoms with Crippen LogP contribution in [0.5, 0.6) is 5.75 Å². The van der Waals surface area contributed by atoms with Gasteiger partial charge in [-0.15, -0.1) is 4.99 Å². The van der Waals surface area contributed by atoms with Gasteiger partial charge in [0.2, 0.25) is 22.0 Å². The van der Waals surface area contributed by atoms with Crippen LogP contribution in [0.15, 0.2) is 34.2 Å². The van der Waals surface area contributed by atoms with E-state index in [4.69, 9.17) is 10.00 Å². The number of sulfone groups is 1. The monoisotopic (exact) mass is 396 g/mol. The van der Waals surface area contributed by atoms with E-state index in [1.165, 1.54) is 12.1 Å². The molecule has 0 atom stereocenters. The molecule has 1 aromatic rings. The topological polar surface area (TPSA) is 86.0 Å². The SMILES string of the molecule is CN1CCN(C2=CC(C)(C)Oc3ccc(S(=O)(=O)C(F)F)cc32)C1=NC#N. The molecule has 0 saturated carbocycles. The zero-order chi connectivity index (χ0) is 20.0. The van der Waals surface area contributed by atoms with Crippen molar-refractivity contribution in [2.45, 2.75) is 30.1 Å². The molecule has 2 aliphatic heterocycles. The van der Waals surface area contributed by atoms with Gasteiger partial charge in [0.05, 0.1) is 10.6 Å². The third-order valence-electron chi connectivity index (χ3n) is 4.33. The highest BCUT2D eigenvalue weighted by molar-refractivity contribution is 7.91. The fourth-order valence-electron chi connectivity index (χ4n) is 3.10. The van der Waals surface area contributed by atoms with Crippen LogP contribution in [0.2, 0.25) is 0 Å². The third-order valence-corrected chi connectivity index (χ3v) is 5.71. The summed E-state index contributed by atoms with van der Waals surface area (Å²) in [7, 11) is -2.97. The van der Waals surface area contributed by atoms with Gasteiger partial charge in [0.15, 0.2) is 0 Å². The van der Waals surface area contributed by atoms with Crippen LogP contribution in [0, 0.1) is 11.5 Å². The molecule has 2 aliphatic rings. The van der Waals surface area contributed by atoms with Crippen molar-refractivity contribution in [2.24, 2.45) is 4.99 Å². The first-order valence-corrected chi connectivity index (χ1v) is 9.65. The van der Waals surface area contributed by atoms with Crippen LogP contribution in [0.4, 0.5) is 8.78 Å². The van der Waals surface area contributed by atoms with Crippen LogP contribution in [0.1, 0.15) is 19.4 Å². The summed E-state index contributed by atoms with van der Waals surface area (Å²) in [6.07, 6.45) is 3.52. The minimum absolute atomic E-state index is 0.358.